The lowest BCUT2D eigenvalue weighted by Gasteiger charge is -2.36. The molecule has 1 aromatic carbocycles. The fourth-order valence-electron chi connectivity index (χ4n) is 3.43. The third-order valence-electron chi connectivity index (χ3n) is 4.86. The van der Waals surface area contributed by atoms with Crippen LogP contribution < -0.4 is 10.6 Å². The Morgan fingerprint density at radius 2 is 1.88 bits per heavy atom. The van der Waals surface area contributed by atoms with Crippen molar-refractivity contribution >= 4 is 21.5 Å². The van der Waals surface area contributed by atoms with Gasteiger partial charge < -0.3 is 15.5 Å². The highest BCUT2D eigenvalue weighted by Crippen LogP contribution is 2.19. The van der Waals surface area contributed by atoms with Crippen molar-refractivity contribution in [3.8, 4) is 0 Å². The van der Waals surface area contributed by atoms with Gasteiger partial charge in [0.2, 0.25) is 0 Å². The molecule has 0 spiro atoms. The van der Waals surface area contributed by atoms with Crippen molar-refractivity contribution in [1.29, 1.82) is 0 Å². The maximum atomic E-state index is 13.0. The Labute approximate surface area is 148 Å². The third kappa shape index (κ3) is 4.84. The zero-order valence-corrected chi connectivity index (χ0v) is 15.1. The number of sulfone groups is 1. The first-order chi connectivity index (χ1) is 11.9. The number of benzene rings is 1. The number of piperazine rings is 1. The van der Waals surface area contributed by atoms with Gasteiger partial charge in [0.1, 0.15) is 5.82 Å². The molecule has 0 amide bonds. The van der Waals surface area contributed by atoms with Crippen molar-refractivity contribution < 1.29 is 12.8 Å². The first-order valence-corrected chi connectivity index (χ1v) is 10.5. The SMILES string of the molecule is NC(=NCC1CCCS(=O)(=O)C1)N1CCN(c2ccc(F)cc2)CC1. The van der Waals surface area contributed by atoms with Crippen molar-refractivity contribution in [3.05, 3.63) is 30.1 Å². The third-order valence-corrected chi connectivity index (χ3v) is 6.75. The van der Waals surface area contributed by atoms with Crippen molar-refractivity contribution in [3.63, 3.8) is 0 Å². The second-order valence-electron chi connectivity index (χ2n) is 6.77. The van der Waals surface area contributed by atoms with E-state index in [2.05, 4.69) is 9.89 Å². The predicted octanol–water partition coefficient (Wildman–Crippen LogP) is 1.09. The Bertz CT molecular complexity index is 713. The number of aliphatic imine (C=N–C) groups is 1. The Kier molecular flexibility index (Phi) is 5.46. The summed E-state index contributed by atoms with van der Waals surface area (Å²) in [6.07, 6.45) is 1.62. The molecule has 0 saturated carbocycles. The van der Waals surface area contributed by atoms with Gasteiger partial charge >= 0.3 is 0 Å². The molecule has 2 saturated heterocycles. The van der Waals surface area contributed by atoms with E-state index >= 15 is 0 Å². The van der Waals surface area contributed by atoms with Crippen LogP contribution in [0.1, 0.15) is 12.8 Å². The van der Waals surface area contributed by atoms with Crippen molar-refractivity contribution in [2.45, 2.75) is 12.8 Å². The van der Waals surface area contributed by atoms with Crippen LogP contribution in [-0.2, 0) is 9.84 Å². The Balaban J connectivity index is 1.51. The van der Waals surface area contributed by atoms with E-state index in [9.17, 15) is 12.8 Å². The number of halogens is 1. The minimum Gasteiger partial charge on any atom is -0.370 e. The monoisotopic (exact) mass is 368 g/mol. The number of guanidine groups is 1. The van der Waals surface area contributed by atoms with E-state index in [1.807, 2.05) is 4.90 Å². The summed E-state index contributed by atoms with van der Waals surface area (Å²) >= 11 is 0. The molecular formula is C17H25FN4O2S. The number of nitrogens with zero attached hydrogens (tertiary/aromatic N) is 3. The number of anilines is 1. The summed E-state index contributed by atoms with van der Waals surface area (Å²) in [6.45, 7) is 3.55. The summed E-state index contributed by atoms with van der Waals surface area (Å²) in [6, 6.07) is 6.50. The standard InChI is InChI=1S/C17H25FN4O2S/c18-15-3-5-16(6-4-15)21-7-9-22(10-8-21)17(19)20-12-14-2-1-11-25(23,24)13-14/h3-6,14H,1-2,7-13H2,(H2,19,20). The van der Waals surface area contributed by atoms with Gasteiger partial charge in [-0.25, -0.2) is 12.8 Å². The molecule has 0 radical (unpaired) electrons. The zero-order valence-electron chi connectivity index (χ0n) is 14.3. The van der Waals surface area contributed by atoms with Crippen LogP contribution in [-0.4, -0.2) is 63.5 Å². The van der Waals surface area contributed by atoms with Crippen molar-refractivity contribution in [2.75, 3.05) is 49.1 Å². The normalized spacial score (nSPS) is 24.4. The largest absolute Gasteiger partial charge is 0.370 e. The zero-order chi connectivity index (χ0) is 17.9. The quantitative estimate of drug-likeness (QED) is 0.638. The molecule has 6 nitrogen and oxygen atoms in total. The van der Waals surface area contributed by atoms with Gasteiger partial charge in [0.05, 0.1) is 11.5 Å². The minimum atomic E-state index is -2.90. The van der Waals surface area contributed by atoms with Gasteiger partial charge in [0.25, 0.3) is 0 Å². The van der Waals surface area contributed by atoms with E-state index in [-0.39, 0.29) is 17.5 Å². The van der Waals surface area contributed by atoms with Gasteiger partial charge in [-0.1, -0.05) is 0 Å². The van der Waals surface area contributed by atoms with Gasteiger partial charge in [0, 0.05) is 38.4 Å². The van der Waals surface area contributed by atoms with Crippen LogP contribution in [0.25, 0.3) is 0 Å². The van der Waals surface area contributed by atoms with E-state index in [0.717, 1.165) is 44.7 Å². The maximum absolute atomic E-state index is 13.0. The van der Waals surface area contributed by atoms with E-state index in [1.54, 1.807) is 12.1 Å². The highest BCUT2D eigenvalue weighted by atomic mass is 32.2. The lowest BCUT2D eigenvalue weighted by molar-refractivity contribution is 0.379. The fourth-order valence-corrected chi connectivity index (χ4v) is 5.19. The second-order valence-corrected chi connectivity index (χ2v) is 9.00. The smallest absolute Gasteiger partial charge is 0.191 e. The summed E-state index contributed by atoms with van der Waals surface area (Å²) in [5.41, 5.74) is 7.10. The van der Waals surface area contributed by atoms with Gasteiger partial charge in [-0.05, 0) is 43.0 Å². The predicted molar refractivity (Wildman–Crippen MR) is 98.1 cm³/mol. The Morgan fingerprint density at radius 1 is 1.20 bits per heavy atom. The molecule has 2 aliphatic rings. The highest BCUT2D eigenvalue weighted by molar-refractivity contribution is 7.91. The highest BCUT2D eigenvalue weighted by Gasteiger charge is 2.25. The lowest BCUT2D eigenvalue weighted by atomic mass is 10.1. The number of nitrogens with two attached hydrogens (primary N) is 1. The van der Waals surface area contributed by atoms with Gasteiger partial charge in [-0.15, -0.1) is 0 Å². The average Bonchev–Trinajstić information content (AvgIpc) is 2.60. The Hall–Kier alpha value is -1.83. The molecule has 2 aliphatic heterocycles. The molecule has 1 atom stereocenters. The summed E-state index contributed by atoms with van der Waals surface area (Å²) in [4.78, 5) is 8.65. The van der Waals surface area contributed by atoms with Crippen LogP contribution in [0, 0.1) is 11.7 Å². The topological polar surface area (TPSA) is 79.0 Å². The number of rotatable bonds is 3. The summed E-state index contributed by atoms with van der Waals surface area (Å²) in [5.74, 6) is 0.860. The molecule has 0 aliphatic carbocycles. The van der Waals surface area contributed by atoms with E-state index in [4.69, 9.17) is 5.73 Å². The number of hydrogen-bond acceptors (Lipinski definition) is 4. The second kappa shape index (κ2) is 7.59. The molecule has 1 aromatic rings. The Morgan fingerprint density at radius 3 is 2.52 bits per heavy atom. The van der Waals surface area contributed by atoms with Crippen LogP contribution in [0.5, 0.6) is 0 Å². The average molecular weight is 368 g/mol. The first kappa shape index (κ1) is 18.0. The summed E-state index contributed by atoms with van der Waals surface area (Å²) in [7, 11) is -2.90. The molecule has 0 aromatic heterocycles. The minimum absolute atomic E-state index is 0.0813. The van der Waals surface area contributed by atoms with Crippen molar-refractivity contribution in [2.24, 2.45) is 16.6 Å². The molecule has 25 heavy (non-hydrogen) atoms. The van der Waals surface area contributed by atoms with Crippen LogP contribution >= 0.6 is 0 Å². The molecule has 2 N–H and O–H groups in total. The summed E-state index contributed by atoms with van der Waals surface area (Å²) < 4.78 is 36.4. The number of hydrogen-bond donors (Lipinski definition) is 1. The van der Waals surface area contributed by atoms with Gasteiger partial charge in [-0.2, -0.15) is 0 Å². The van der Waals surface area contributed by atoms with E-state index in [0.29, 0.717) is 18.3 Å². The molecule has 8 heteroatoms. The van der Waals surface area contributed by atoms with Crippen LogP contribution in [0.3, 0.4) is 0 Å². The molecule has 2 fully saturated rings. The molecule has 0 bridgehead atoms. The first-order valence-electron chi connectivity index (χ1n) is 8.69. The lowest BCUT2D eigenvalue weighted by Crippen LogP contribution is -2.51. The van der Waals surface area contributed by atoms with E-state index in [1.165, 1.54) is 12.1 Å². The maximum Gasteiger partial charge on any atom is 0.191 e. The molecular weight excluding hydrogens is 343 g/mol. The fraction of sp³-hybridized carbons (Fsp3) is 0.588. The van der Waals surface area contributed by atoms with E-state index < -0.39 is 9.84 Å². The molecule has 138 valence electrons. The molecule has 1 unspecified atom stereocenters. The van der Waals surface area contributed by atoms with Crippen LogP contribution in [0.4, 0.5) is 10.1 Å². The van der Waals surface area contributed by atoms with Gasteiger partial charge in [-0.3, -0.25) is 4.99 Å². The summed E-state index contributed by atoms with van der Waals surface area (Å²) in [5, 5.41) is 0. The van der Waals surface area contributed by atoms with Crippen molar-refractivity contribution in [1.82, 2.24) is 4.90 Å². The van der Waals surface area contributed by atoms with Gasteiger partial charge in [0.15, 0.2) is 15.8 Å². The van der Waals surface area contributed by atoms with Crippen LogP contribution in [0.2, 0.25) is 0 Å². The molecule has 3 rings (SSSR count). The molecule has 2 heterocycles. The van der Waals surface area contributed by atoms with Crippen LogP contribution in [0.15, 0.2) is 29.3 Å².